The molecule has 1 fully saturated rings. The van der Waals surface area contributed by atoms with Crippen LogP contribution in [0.5, 0.6) is 0 Å². The first-order chi connectivity index (χ1) is 8.44. The van der Waals surface area contributed by atoms with Crippen LogP contribution in [-0.2, 0) is 6.54 Å². The van der Waals surface area contributed by atoms with Crippen LogP contribution in [0.25, 0.3) is 0 Å². The van der Waals surface area contributed by atoms with Crippen LogP contribution in [0.1, 0.15) is 50.2 Å². The van der Waals surface area contributed by atoms with Gasteiger partial charge in [0.05, 0.1) is 17.2 Å². The summed E-state index contributed by atoms with van der Waals surface area (Å²) in [7, 11) is 0. The number of amides is 2. The Balaban J connectivity index is 1.71. The third-order valence-corrected chi connectivity index (χ3v) is 3.76. The van der Waals surface area contributed by atoms with Crippen LogP contribution in [0.15, 0.2) is 5.38 Å². The molecule has 0 bridgehead atoms. The summed E-state index contributed by atoms with van der Waals surface area (Å²) in [6.07, 6.45) is 2.54. The van der Waals surface area contributed by atoms with E-state index >= 15 is 0 Å². The first-order valence-electron chi connectivity index (χ1n) is 6.40. The standard InChI is InChI=1S/C13H21N3OS/c1-13(2,3)8-15-12(17)14-6-10-7-18-11(16-10)9-4-5-9/h7,9H,4-6,8H2,1-3H3,(H2,14,15,17). The van der Waals surface area contributed by atoms with Crippen molar-refractivity contribution >= 4 is 17.4 Å². The first-order valence-corrected chi connectivity index (χ1v) is 7.28. The van der Waals surface area contributed by atoms with Gasteiger partial charge in [-0.1, -0.05) is 20.8 Å². The highest BCUT2D eigenvalue weighted by Gasteiger charge is 2.26. The third kappa shape index (κ3) is 4.29. The number of urea groups is 1. The van der Waals surface area contributed by atoms with Crippen molar-refractivity contribution in [2.75, 3.05) is 6.54 Å². The zero-order valence-electron chi connectivity index (χ0n) is 11.2. The van der Waals surface area contributed by atoms with Gasteiger partial charge in [0.15, 0.2) is 0 Å². The van der Waals surface area contributed by atoms with Crippen molar-refractivity contribution in [1.82, 2.24) is 15.6 Å². The molecule has 1 heterocycles. The van der Waals surface area contributed by atoms with Crippen molar-refractivity contribution in [3.05, 3.63) is 16.1 Å². The van der Waals surface area contributed by atoms with E-state index in [1.54, 1.807) is 11.3 Å². The van der Waals surface area contributed by atoms with Crippen LogP contribution in [0.2, 0.25) is 0 Å². The molecule has 0 aromatic carbocycles. The molecular weight excluding hydrogens is 246 g/mol. The van der Waals surface area contributed by atoms with Crippen molar-refractivity contribution < 1.29 is 4.79 Å². The second kappa shape index (κ2) is 5.26. The summed E-state index contributed by atoms with van der Waals surface area (Å²) in [5, 5.41) is 8.96. The summed E-state index contributed by atoms with van der Waals surface area (Å²) in [6, 6.07) is -0.120. The van der Waals surface area contributed by atoms with Crippen molar-refractivity contribution in [2.45, 2.75) is 46.1 Å². The maximum Gasteiger partial charge on any atom is 0.315 e. The molecule has 0 spiro atoms. The highest BCUT2D eigenvalue weighted by molar-refractivity contribution is 7.09. The van der Waals surface area contributed by atoms with Gasteiger partial charge >= 0.3 is 6.03 Å². The highest BCUT2D eigenvalue weighted by atomic mass is 32.1. The normalized spacial score (nSPS) is 15.5. The van der Waals surface area contributed by atoms with Gasteiger partial charge in [0.1, 0.15) is 0 Å². The molecule has 5 heteroatoms. The summed E-state index contributed by atoms with van der Waals surface area (Å²) >= 11 is 1.71. The number of nitrogens with zero attached hydrogens (tertiary/aromatic N) is 1. The van der Waals surface area contributed by atoms with E-state index in [0.29, 0.717) is 19.0 Å². The molecule has 0 unspecified atom stereocenters. The Hall–Kier alpha value is -1.10. The van der Waals surface area contributed by atoms with Crippen LogP contribution in [0.4, 0.5) is 4.79 Å². The maximum absolute atomic E-state index is 11.6. The van der Waals surface area contributed by atoms with Gasteiger partial charge in [-0.25, -0.2) is 9.78 Å². The van der Waals surface area contributed by atoms with Crippen LogP contribution in [0, 0.1) is 5.41 Å². The molecule has 1 aliphatic carbocycles. The van der Waals surface area contributed by atoms with Gasteiger partial charge in [0, 0.05) is 17.8 Å². The highest BCUT2D eigenvalue weighted by Crippen LogP contribution is 2.41. The molecule has 0 aliphatic heterocycles. The van der Waals surface area contributed by atoms with E-state index in [1.165, 1.54) is 17.8 Å². The van der Waals surface area contributed by atoms with Gasteiger partial charge in [-0.2, -0.15) is 0 Å². The van der Waals surface area contributed by atoms with Crippen molar-refractivity contribution in [3.8, 4) is 0 Å². The number of carbonyl (C=O) groups is 1. The number of nitrogens with one attached hydrogen (secondary N) is 2. The molecule has 1 saturated carbocycles. The lowest BCUT2D eigenvalue weighted by molar-refractivity contribution is 0.235. The van der Waals surface area contributed by atoms with Crippen molar-refractivity contribution in [3.63, 3.8) is 0 Å². The van der Waals surface area contributed by atoms with E-state index in [9.17, 15) is 4.79 Å². The van der Waals surface area contributed by atoms with Crippen LogP contribution in [-0.4, -0.2) is 17.6 Å². The summed E-state index contributed by atoms with van der Waals surface area (Å²) in [5.41, 5.74) is 1.07. The summed E-state index contributed by atoms with van der Waals surface area (Å²) in [6.45, 7) is 7.46. The molecule has 1 aromatic rings. The predicted octanol–water partition coefficient (Wildman–Crippen LogP) is 2.87. The SMILES string of the molecule is CC(C)(C)CNC(=O)NCc1csc(C2CC2)n1. The molecule has 100 valence electrons. The van der Waals surface area contributed by atoms with E-state index in [0.717, 1.165) is 5.69 Å². The Morgan fingerprint density at radius 3 is 2.78 bits per heavy atom. The fourth-order valence-corrected chi connectivity index (χ4v) is 2.49. The lowest BCUT2D eigenvalue weighted by Gasteiger charge is -2.18. The lowest BCUT2D eigenvalue weighted by atomic mass is 9.97. The van der Waals surface area contributed by atoms with E-state index in [-0.39, 0.29) is 11.4 Å². The van der Waals surface area contributed by atoms with Crippen LogP contribution < -0.4 is 10.6 Å². The number of hydrogen-bond donors (Lipinski definition) is 2. The molecule has 0 radical (unpaired) electrons. The molecule has 0 saturated heterocycles. The number of rotatable bonds is 4. The molecule has 2 rings (SSSR count). The summed E-state index contributed by atoms with van der Waals surface area (Å²) in [5.74, 6) is 0.693. The zero-order chi connectivity index (χ0) is 13.2. The number of thiazole rings is 1. The molecule has 18 heavy (non-hydrogen) atoms. The molecule has 2 amide bonds. The summed E-state index contributed by atoms with van der Waals surface area (Å²) in [4.78, 5) is 16.1. The fraction of sp³-hybridized carbons (Fsp3) is 0.692. The van der Waals surface area contributed by atoms with E-state index in [2.05, 4.69) is 36.4 Å². The molecule has 1 aromatic heterocycles. The minimum Gasteiger partial charge on any atom is -0.338 e. The topological polar surface area (TPSA) is 54.0 Å². The van der Waals surface area contributed by atoms with Gasteiger partial charge in [-0.3, -0.25) is 0 Å². The number of hydrogen-bond acceptors (Lipinski definition) is 3. The van der Waals surface area contributed by atoms with Gasteiger partial charge in [-0.05, 0) is 18.3 Å². The van der Waals surface area contributed by atoms with Crippen LogP contribution >= 0.6 is 11.3 Å². The average molecular weight is 267 g/mol. The first kappa shape index (κ1) is 13.3. The van der Waals surface area contributed by atoms with Crippen molar-refractivity contribution in [2.24, 2.45) is 5.41 Å². The van der Waals surface area contributed by atoms with Crippen molar-refractivity contribution in [1.29, 1.82) is 0 Å². The Labute approximate surface area is 112 Å². The molecule has 0 atom stereocenters. The predicted molar refractivity (Wildman–Crippen MR) is 73.8 cm³/mol. The molecule has 1 aliphatic rings. The Morgan fingerprint density at radius 1 is 1.44 bits per heavy atom. The Morgan fingerprint density at radius 2 is 2.17 bits per heavy atom. The molecule has 2 N–H and O–H groups in total. The quantitative estimate of drug-likeness (QED) is 0.881. The minimum absolute atomic E-state index is 0.108. The fourth-order valence-electron chi connectivity index (χ4n) is 1.50. The molecule has 4 nitrogen and oxygen atoms in total. The summed E-state index contributed by atoms with van der Waals surface area (Å²) < 4.78 is 0. The number of aromatic nitrogens is 1. The second-order valence-electron chi connectivity index (χ2n) is 6.05. The Bertz CT molecular complexity index is 418. The third-order valence-electron chi connectivity index (χ3n) is 2.71. The largest absolute Gasteiger partial charge is 0.338 e. The van der Waals surface area contributed by atoms with Gasteiger partial charge in [0.25, 0.3) is 0 Å². The van der Waals surface area contributed by atoms with Crippen LogP contribution in [0.3, 0.4) is 0 Å². The van der Waals surface area contributed by atoms with E-state index in [4.69, 9.17) is 0 Å². The Kier molecular flexibility index (Phi) is 3.90. The monoisotopic (exact) mass is 267 g/mol. The smallest absolute Gasteiger partial charge is 0.315 e. The van der Waals surface area contributed by atoms with E-state index in [1.807, 2.05) is 5.38 Å². The molecular formula is C13H21N3OS. The number of carbonyl (C=O) groups excluding carboxylic acids is 1. The van der Waals surface area contributed by atoms with Gasteiger partial charge < -0.3 is 10.6 Å². The van der Waals surface area contributed by atoms with Gasteiger partial charge in [0.2, 0.25) is 0 Å². The lowest BCUT2D eigenvalue weighted by Crippen LogP contribution is -2.39. The van der Waals surface area contributed by atoms with Gasteiger partial charge in [-0.15, -0.1) is 11.3 Å². The van der Waals surface area contributed by atoms with E-state index < -0.39 is 0 Å². The maximum atomic E-state index is 11.6. The average Bonchev–Trinajstić information content (AvgIpc) is 3.03. The minimum atomic E-state index is -0.120. The second-order valence-corrected chi connectivity index (χ2v) is 6.94. The zero-order valence-corrected chi connectivity index (χ0v) is 12.1.